The van der Waals surface area contributed by atoms with Gasteiger partial charge in [-0.25, -0.2) is 9.18 Å². The van der Waals surface area contributed by atoms with E-state index in [1.54, 1.807) is 0 Å². The van der Waals surface area contributed by atoms with E-state index in [0.717, 1.165) is 19.3 Å². The van der Waals surface area contributed by atoms with Crippen molar-refractivity contribution in [3.05, 3.63) is 11.9 Å². The maximum Gasteiger partial charge on any atom is 0.338 e. The van der Waals surface area contributed by atoms with Crippen molar-refractivity contribution in [1.82, 2.24) is 0 Å². The van der Waals surface area contributed by atoms with E-state index in [1.807, 2.05) is 0 Å². The number of esters is 1. The van der Waals surface area contributed by atoms with Gasteiger partial charge in [-0.05, 0) is 19.8 Å². The van der Waals surface area contributed by atoms with E-state index >= 15 is 0 Å². The van der Waals surface area contributed by atoms with E-state index in [2.05, 4.69) is 0 Å². The molecule has 0 bridgehead atoms. The molecule has 0 amide bonds. The van der Waals surface area contributed by atoms with Crippen LogP contribution in [-0.2, 0) is 14.3 Å². The Bertz CT molecular complexity index is 246. The van der Waals surface area contributed by atoms with Crippen molar-refractivity contribution in [3.8, 4) is 0 Å². The molecule has 1 fully saturated rings. The van der Waals surface area contributed by atoms with Crippen LogP contribution in [0, 0.1) is 0 Å². The molecular weight excluding hydrogens is 203 g/mol. The lowest BCUT2D eigenvalue weighted by molar-refractivity contribution is -0.202. The molecular formula is C9H15FO3Si. The summed E-state index contributed by atoms with van der Waals surface area (Å²) in [5.41, 5.74) is -0.756. The zero-order valence-corrected chi connectivity index (χ0v) is 10.5. The van der Waals surface area contributed by atoms with Crippen LogP contribution in [0.1, 0.15) is 26.2 Å². The molecule has 14 heavy (non-hydrogen) atoms. The van der Waals surface area contributed by atoms with E-state index in [4.69, 9.17) is 9.47 Å². The highest BCUT2D eigenvalue weighted by atomic mass is 28.1. The van der Waals surface area contributed by atoms with Gasteiger partial charge in [0, 0.05) is 6.42 Å². The summed E-state index contributed by atoms with van der Waals surface area (Å²) < 4.78 is 22.5. The predicted molar refractivity (Wildman–Crippen MR) is 53.4 cm³/mol. The summed E-state index contributed by atoms with van der Waals surface area (Å²) in [5, 5.41) is 0. The largest absolute Gasteiger partial charge is 0.435 e. The van der Waals surface area contributed by atoms with Crippen LogP contribution in [-0.4, -0.2) is 28.2 Å². The zero-order chi connectivity index (χ0) is 10.6. The normalized spacial score (nSPS) is 28.9. The SMILES string of the molecule is CC(=CF)C(=O)OC1([SiH3])CCCCO1. The van der Waals surface area contributed by atoms with E-state index < -0.39 is 11.4 Å². The average Bonchev–Trinajstić information content (AvgIpc) is 2.17. The Morgan fingerprint density at radius 1 is 1.64 bits per heavy atom. The zero-order valence-electron chi connectivity index (χ0n) is 8.51. The summed E-state index contributed by atoms with van der Waals surface area (Å²) in [6, 6.07) is 0. The van der Waals surface area contributed by atoms with Crippen molar-refractivity contribution in [1.29, 1.82) is 0 Å². The Kier molecular flexibility index (Phi) is 3.83. The number of rotatable bonds is 2. The standard InChI is InChI=1S/C9H15FO3Si/c1-7(6-10)8(11)13-9(14)4-2-3-5-12-9/h6H,2-5H2,1,14H3. The van der Waals surface area contributed by atoms with Gasteiger partial charge in [0.05, 0.1) is 28.8 Å². The maximum absolute atomic E-state index is 12.0. The van der Waals surface area contributed by atoms with Crippen molar-refractivity contribution in [2.45, 2.75) is 31.6 Å². The predicted octanol–water partition coefficient (Wildman–Crippen LogP) is 0.623. The lowest BCUT2D eigenvalue weighted by Crippen LogP contribution is -2.41. The molecule has 0 saturated carbocycles. The van der Waals surface area contributed by atoms with Gasteiger partial charge >= 0.3 is 5.97 Å². The molecule has 3 nitrogen and oxygen atoms in total. The molecule has 0 N–H and O–H groups in total. The number of halogens is 1. The van der Waals surface area contributed by atoms with Crippen molar-refractivity contribution in [3.63, 3.8) is 0 Å². The molecule has 1 atom stereocenters. The van der Waals surface area contributed by atoms with Gasteiger partial charge in [-0.1, -0.05) is 0 Å². The fourth-order valence-corrected chi connectivity index (χ4v) is 2.05. The number of carbonyl (C=O) groups excluding carboxylic acids is 1. The molecule has 1 rings (SSSR count). The van der Waals surface area contributed by atoms with E-state index in [-0.39, 0.29) is 11.9 Å². The minimum Gasteiger partial charge on any atom is -0.435 e. The summed E-state index contributed by atoms with van der Waals surface area (Å²) in [6.45, 7) is 2.01. The van der Waals surface area contributed by atoms with Gasteiger partial charge in [-0.2, -0.15) is 0 Å². The highest BCUT2D eigenvalue weighted by Gasteiger charge is 2.31. The molecule has 1 heterocycles. The monoisotopic (exact) mass is 218 g/mol. The molecule has 0 aromatic rings. The molecule has 5 heteroatoms. The third-order valence-electron chi connectivity index (χ3n) is 2.23. The van der Waals surface area contributed by atoms with Crippen molar-refractivity contribution in [2.75, 3.05) is 6.61 Å². The summed E-state index contributed by atoms with van der Waals surface area (Å²) in [4.78, 5) is 11.3. The average molecular weight is 218 g/mol. The lowest BCUT2D eigenvalue weighted by atomic mass is 10.2. The van der Waals surface area contributed by atoms with Crippen LogP contribution in [0.15, 0.2) is 11.9 Å². The molecule has 0 aliphatic carbocycles. The first-order chi connectivity index (χ1) is 6.57. The van der Waals surface area contributed by atoms with E-state index in [0.29, 0.717) is 16.8 Å². The first kappa shape index (κ1) is 11.4. The molecule has 1 unspecified atom stereocenters. The Labute approximate surface area is 85.7 Å². The van der Waals surface area contributed by atoms with Crippen LogP contribution in [0.5, 0.6) is 0 Å². The van der Waals surface area contributed by atoms with Gasteiger partial charge in [-0.15, -0.1) is 0 Å². The Morgan fingerprint density at radius 3 is 2.86 bits per heavy atom. The summed E-state index contributed by atoms with van der Waals surface area (Å²) in [6.07, 6.45) is 2.98. The Balaban J connectivity index is 2.53. The van der Waals surface area contributed by atoms with Crippen LogP contribution >= 0.6 is 0 Å². The number of carbonyl (C=O) groups is 1. The van der Waals surface area contributed by atoms with Crippen molar-refractivity contribution >= 4 is 16.2 Å². The van der Waals surface area contributed by atoms with Crippen LogP contribution in [0.25, 0.3) is 0 Å². The number of hydrogen-bond donors (Lipinski definition) is 0. The molecule has 0 radical (unpaired) electrons. The molecule has 0 aromatic carbocycles. The van der Waals surface area contributed by atoms with Crippen LogP contribution in [0.4, 0.5) is 4.39 Å². The molecule has 1 aliphatic heterocycles. The van der Waals surface area contributed by atoms with Crippen LogP contribution in [0.3, 0.4) is 0 Å². The summed E-state index contributed by atoms with van der Waals surface area (Å²) in [5.74, 6) is -0.621. The van der Waals surface area contributed by atoms with Gasteiger partial charge in [0.1, 0.15) is 0 Å². The summed E-state index contributed by atoms with van der Waals surface area (Å²) >= 11 is 0. The highest BCUT2D eigenvalue weighted by molar-refractivity contribution is 6.14. The molecule has 0 aromatic heterocycles. The Hall–Kier alpha value is -0.683. The minimum atomic E-state index is -0.737. The van der Waals surface area contributed by atoms with Crippen LogP contribution < -0.4 is 0 Å². The van der Waals surface area contributed by atoms with Crippen molar-refractivity contribution in [2.24, 2.45) is 0 Å². The maximum atomic E-state index is 12.0. The van der Waals surface area contributed by atoms with E-state index in [1.165, 1.54) is 6.92 Å². The van der Waals surface area contributed by atoms with Gasteiger partial charge in [-0.3, -0.25) is 0 Å². The van der Waals surface area contributed by atoms with Gasteiger partial charge in [0.2, 0.25) is 0 Å². The smallest absolute Gasteiger partial charge is 0.338 e. The highest BCUT2D eigenvalue weighted by Crippen LogP contribution is 2.23. The third kappa shape index (κ3) is 2.92. The third-order valence-corrected chi connectivity index (χ3v) is 3.22. The van der Waals surface area contributed by atoms with E-state index in [9.17, 15) is 9.18 Å². The molecule has 80 valence electrons. The minimum absolute atomic E-state index is 0.0191. The van der Waals surface area contributed by atoms with Gasteiger partial charge < -0.3 is 9.47 Å². The first-order valence-electron chi connectivity index (χ1n) is 4.72. The fourth-order valence-electron chi connectivity index (χ4n) is 1.31. The topological polar surface area (TPSA) is 35.5 Å². The molecule has 0 spiro atoms. The fraction of sp³-hybridized carbons (Fsp3) is 0.667. The second kappa shape index (κ2) is 4.70. The quantitative estimate of drug-likeness (QED) is 0.387. The summed E-state index contributed by atoms with van der Waals surface area (Å²) in [7, 11) is 0.611. The second-order valence-corrected chi connectivity index (χ2v) is 5.14. The van der Waals surface area contributed by atoms with Crippen LogP contribution in [0.2, 0.25) is 0 Å². The molecule has 1 aliphatic rings. The first-order valence-corrected chi connectivity index (χ1v) is 5.72. The van der Waals surface area contributed by atoms with Gasteiger partial charge in [0.25, 0.3) is 0 Å². The second-order valence-electron chi connectivity index (χ2n) is 3.62. The number of ether oxygens (including phenoxy) is 2. The Morgan fingerprint density at radius 2 is 2.36 bits per heavy atom. The lowest BCUT2D eigenvalue weighted by Gasteiger charge is -2.33. The molecule has 1 saturated heterocycles. The van der Waals surface area contributed by atoms with Gasteiger partial charge in [0.15, 0.2) is 5.41 Å². The number of hydrogen-bond acceptors (Lipinski definition) is 3. The van der Waals surface area contributed by atoms with Crippen molar-refractivity contribution < 1.29 is 18.7 Å².